The molecule has 2 aromatic carbocycles. The summed E-state index contributed by atoms with van der Waals surface area (Å²) in [6, 6.07) is 16.8. The van der Waals surface area contributed by atoms with Crippen molar-refractivity contribution in [3.63, 3.8) is 0 Å². The Balaban J connectivity index is 2.23. The number of rotatable bonds is 4. The van der Waals surface area contributed by atoms with Crippen LogP contribution < -0.4 is 5.73 Å². The van der Waals surface area contributed by atoms with Crippen molar-refractivity contribution < 1.29 is 0 Å². The molecule has 0 amide bonds. The highest BCUT2D eigenvalue weighted by Gasteiger charge is 2.17. The van der Waals surface area contributed by atoms with E-state index in [-0.39, 0.29) is 11.3 Å². The lowest BCUT2D eigenvalue weighted by atomic mass is 10.1. The Morgan fingerprint density at radius 3 is 2.26 bits per heavy atom. The molecule has 0 saturated heterocycles. The molecule has 1 nitrogen and oxygen atoms in total. The summed E-state index contributed by atoms with van der Waals surface area (Å²) in [6.07, 6.45) is 0. The second-order valence-electron chi connectivity index (χ2n) is 4.41. The minimum Gasteiger partial charge on any atom is -0.327 e. The molecule has 0 spiro atoms. The zero-order chi connectivity index (χ0) is 13.8. The monoisotopic (exact) mass is 399 g/mol. The summed E-state index contributed by atoms with van der Waals surface area (Å²) >= 11 is 8.77. The van der Waals surface area contributed by atoms with Gasteiger partial charge >= 0.3 is 0 Å². The first-order valence-corrected chi connectivity index (χ1v) is 8.46. The van der Waals surface area contributed by atoms with Gasteiger partial charge in [0.2, 0.25) is 0 Å². The van der Waals surface area contributed by atoms with E-state index in [1.807, 2.05) is 6.07 Å². The van der Waals surface area contributed by atoms with Crippen LogP contribution in [0.1, 0.15) is 17.7 Å². The van der Waals surface area contributed by atoms with Gasteiger partial charge in [0.25, 0.3) is 0 Å². The van der Waals surface area contributed by atoms with Crippen LogP contribution in [0.2, 0.25) is 0 Å². The van der Waals surface area contributed by atoms with Crippen molar-refractivity contribution in [1.82, 2.24) is 0 Å². The van der Waals surface area contributed by atoms with E-state index in [1.165, 1.54) is 10.5 Å². The Bertz CT molecular complexity index is 540. The van der Waals surface area contributed by atoms with Gasteiger partial charge in [0, 0.05) is 25.1 Å². The third kappa shape index (κ3) is 4.35. The van der Waals surface area contributed by atoms with E-state index < -0.39 is 0 Å². The number of thioether (sulfide) groups is 1. The fourth-order valence-electron chi connectivity index (χ4n) is 1.82. The third-order valence-corrected chi connectivity index (χ3v) is 5.25. The van der Waals surface area contributed by atoms with E-state index in [2.05, 4.69) is 81.2 Å². The van der Waals surface area contributed by atoms with Gasteiger partial charge in [0.15, 0.2) is 0 Å². The van der Waals surface area contributed by atoms with Gasteiger partial charge in [0.1, 0.15) is 0 Å². The van der Waals surface area contributed by atoms with Gasteiger partial charge in [-0.2, -0.15) is 0 Å². The third-order valence-electron chi connectivity index (χ3n) is 2.73. The summed E-state index contributed by atoms with van der Waals surface area (Å²) in [7, 11) is 0. The highest BCUT2D eigenvalue weighted by molar-refractivity contribution is 9.10. The number of hydrogen-bond acceptors (Lipinski definition) is 2. The van der Waals surface area contributed by atoms with Crippen molar-refractivity contribution in [3.8, 4) is 0 Å². The average Bonchev–Trinajstić information content (AvgIpc) is 2.37. The largest absolute Gasteiger partial charge is 0.327 e. The molecule has 0 bridgehead atoms. The topological polar surface area (TPSA) is 26.0 Å². The molecule has 0 aliphatic rings. The standard InChI is InChI=1S/C15H15Br2NS/c1-10(18)15(11-3-2-4-13(17)9-11)19-14-7-5-12(16)6-8-14/h2-10,15H,18H2,1H3. The molecule has 2 aromatic rings. The highest BCUT2D eigenvalue weighted by Crippen LogP contribution is 2.38. The maximum absolute atomic E-state index is 6.15. The quantitative estimate of drug-likeness (QED) is 0.696. The number of benzene rings is 2. The molecule has 0 aromatic heterocycles. The van der Waals surface area contributed by atoms with E-state index in [0.717, 1.165) is 8.95 Å². The molecular weight excluding hydrogens is 386 g/mol. The fourth-order valence-corrected chi connectivity index (χ4v) is 3.59. The molecule has 0 fully saturated rings. The second-order valence-corrected chi connectivity index (χ2v) is 7.45. The molecule has 2 rings (SSSR count). The molecule has 0 aliphatic carbocycles. The first-order valence-electron chi connectivity index (χ1n) is 5.99. The average molecular weight is 401 g/mol. The van der Waals surface area contributed by atoms with Crippen LogP contribution in [-0.2, 0) is 0 Å². The van der Waals surface area contributed by atoms with E-state index in [9.17, 15) is 0 Å². The second kappa shape index (κ2) is 6.93. The highest BCUT2D eigenvalue weighted by atomic mass is 79.9. The first-order chi connectivity index (χ1) is 9.06. The Hall–Kier alpha value is -0.290. The van der Waals surface area contributed by atoms with Crippen LogP contribution in [-0.4, -0.2) is 6.04 Å². The van der Waals surface area contributed by atoms with Crippen molar-refractivity contribution in [1.29, 1.82) is 0 Å². The Morgan fingerprint density at radius 2 is 1.68 bits per heavy atom. The van der Waals surface area contributed by atoms with Crippen LogP contribution in [0.15, 0.2) is 62.4 Å². The summed E-state index contributed by atoms with van der Waals surface area (Å²) in [4.78, 5) is 1.23. The molecule has 4 heteroatoms. The normalized spacial score (nSPS) is 14.1. The van der Waals surface area contributed by atoms with Gasteiger partial charge < -0.3 is 5.73 Å². The van der Waals surface area contributed by atoms with Crippen LogP contribution in [0, 0.1) is 0 Å². The first kappa shape index (κ1) is 15.1. The van der Waals surface area contributed by atoms with E-state index in [4.69, 9.17) is 5.73 Å². The smallest absolute Gasteiger partial charge is 0.0493 e. The van der Waals surface area contributed by atoms with Crippen LogP contribution >= 0.6 is 43.6 Å². The minimum absolute atomic E-state index is 0.0861. The van der Waals surface area contributed by atoms with Crippen molar-refractivity contribution in [3.05, 3.63) is 63.0 Å². The Morgan fingerprint density at radius 1 is 1.00 bits per heavy atom. The maximum atomic E-state index is 6.15. The van der Waals surface area contributed by atoms with E-state index in [0.29, 0.717) is 0 Å². The van der Waals surface area contributed by atoms with Crippen LogP contribution in [0.4, 0.5) is 0 Å². The molecule has 2 atom stereocenters. The summed E-state index contributed by atoms with van der Waals surface area (Å²) in [5.41, 5.74) is 7.40. The number of nitrogens with two attached hydrogens (primary N) is 1. The van der Waals surface area contributed by atoms with Crippen LogP contribution in [0.5, 0.6) is 0 Å². The van der Waals surface area contributed by atoms with Gasteiger partial charge in [-0.3, -0.25) is 0 Å². The van der Waals surface area contributed by atoms with Gasteiger partial charge in [0.05, 0.1) is 0 Å². The van der Waals surface area contributed by atoms with Crippen LogP contribution in [0.3, 0.4) is 0 Å². The SMILES string of the molecule is CC(N)C(Sc1ccc(Br)cc1)c1cccc(Br)c1. The summed E-state index contributed by atoms with van der Waals surface area (Å²) in [5.74, 6) is 0. The van der Waals surface area contributed by atoms with Gasteiger partial charge in [-0.05, 0) is 48.9 Å². The predicted molar refractivity (Wildman–Crippen MR) is 90.5 cm³/mol. The lowest BCUT2D eigenvalue weighted by Gasteiger charge is -2.21. The van der Waals surface area contributed by atoms with Crippen LogP contribution in [0.25, 0.3) is 0 Å². The van der Waals surface area contributed by atoms with Gasteiger partial charge in [-0.15, -0.1) is 11.8 Å². The number of hydrogen-bond donors (Lipinski definition) is 1. The molecule has 0 heterocycles. The lowest BCUT2D eigenvalue weighted by molar-refractivity contribution is 0.721. The molecule has 0 saturated carbocycles. The molecule has 0 radical (unpaired) electrons. The lowest BCUT2D eigenvalue weighted by Crippen LogP contribution is -2.22. The molecule has 100 valence electrons. The summed E-state index contributed by atoms with van der Waals surface area (Å²) in [6.45, 7) is 2.05. The Kier molecular flexibility index (Phi) is 5.51. The van der Waals surface area contributed by atoms with E-state index >= 15 is 0 Å². The van der Waals surface area contributed by atoms with Gasteiger partial charge in [-0.25, -0.2) is 0 Å². The molecule has 0 aliphatic heterocycles. The predicted octanol–water partition coefficient (Wildman–Crippen LogP) is 5.39. The van der Waals surface area contributed by atoms with E-state index in [1.54, 1.807) is 11.8 Å². The molecule has 19 heavy (non-hydrogen) atoms. The minimum atomic E-state index is 0.0861. The molecular formula is C15H15Br2NS. The molecule has 2 N–H and O–H groups in total. The Labute approximate surface area is 135 Å². The zero-order valence-corrected chi connectivity index (χ0v) is 14.5. The maximum Gasteiger partial charge on any atom is 0.0493 e. The van der Waals surface area contributed by atoms with Gasteiger partial charge in [-0.1, -0.05) is 44.0 Å². The van der Waals surface area contributed by atoms with Crippen molar-refractivity contribution in [2.24, 2.45) is 5.73 Å². The molecule has 2 unspecified atom stereocenters. The fraction of sp³-hybridized carbons (Fsp3) is 0.200. The summed E-state index contributed by atoms with van der Waals surface area (Å²) in [5, 5.41) is 0.249. The van der Waals surface area contributed by atoms with Crippen molar-refractivity contribution in [2.45, 2.75) is 23.1 Å². The zero-order valence-electron chi connectivity index (χ0n) is 10.5. The summed E-state index contributed by atoms with van der Waals surface area (Å²) < 4.78 is 2.18. The van der Waals surface area contributed by atoms with Crippen molar-refractivity contribution >= 4 is 43.6 Å². The number of halogens is 2. The van der Waals surface area contributed by atoms with Crippen molar-refractivity contribution in [2.75, 3.05) is 0 Å².